The van der Waals surface area contributed by atoms with Crippen LogP contribution in [-0.2, 0) is 19.6 Å². The van der Waals surface area contributed by atoms with Crippen LogP contribution in [0.25, 0.3) is 0 Å². The molecule has 1 heterocycles. The lowest BCUT2D eigenvalue weighted by Gasteiger charge is -2.23. The van der Waals surface area contributed by atoms with Gasteiger partial charge in [0.1, 0.15) is 6.10 Å². The van der Waals surface area contributed by atoms with Gasteiger partial charge in [-0.25, -0.2) is 8.42 Å². The molecule has 1 aromatic rings. The maximum atomic E-state index is 11.9. The minimum absolute atomic E-state index is 0.179. The lowest BCUT2D eigenvalue weighted by molar-refractivity contribution is -0.129. The van der Waals surface area contributed by atoms with Gasteiger partial charge in [-0.3, -0.25) is 9.10 Å². The molecule has 0 spiro atoms. The van der Waals surface area contributed by atoms with Crippen molar-refractivity contribution < 1.29 is 17.9 Å². The summed E-state index contributed by atoms with van der Waals surface area (Å²) >= 11 is 3.32. The molecule has 2 rings (SSSR count). The number of ether oxygens (including phenoxy) is 1. The Hall–Kier alpha value is -1.12. The van der Waals surface area contributed by atoms with E-state index in [-0.39, 0.29) is 19.0 Å². The Morgan fingerprint density at radius 3 is 2.64 bits per heavy atom. The number of sulfonamides is 1. The Kier molecular flexibility index (Phi) is 5.82. The SMILES string of the molecule is CS(=O)(=O)N(CCNC(=O)C1CCCO1)c1ccc(Br)cc1. The summed E-state index contributed by atoms with van der Waals surface area (Å²) in [6.07, 6.45) is 2.34. The van der Waals surface area contributed by atoms with Crippen LogP contribution in [-0.4, -0.2) is 46.4 Å². The van der Waals surface area contributed by atoms with Gasteiger partial charge in [0.2, 0.25) is 15.9 Å². The average Bonchev–Trinajstić information content (AvgIpc) is 2.97. The van der Waals surface area contributed by atoms with Crippen molar-refractivity contribution in [2.75, 3.05) is 30.3 Å². The number of nitrogens with one attached hydrogen (secondary N) is 1. The van der Waals surface area contributed by atoms with Gasteiger partial charge in [0.05, 0.1) is 18.5 Å². The molecule has 1 amide bonds. The summed E-state index contributed by atoms with van der Waals surface area (Å²) in [5.74, 6) is -0.179. The average molecular weight is 391 g/mol. The van der Waals surface area contributed by atoms with Crippen LogP contribution in [0.4, 0.5) is 5.69 Å². The number of hydrogen-bond acceptors (Lipinski definition) is 4. The molecule has 8 heteroatoms. The Balaban J connectivity index is 1.96. The number of benzene rings is 1. The van der Waals surface area contributed by atoms with Gasteiger partial charge >= 0.3 is 0 Å². The van der Waals surface area contributed by atoms with E-state index in [1.807, 2.05) is 0 Å². The van der Waals surface area contributed by atoms with Crippen molar-refractivity contribution in [2.24, 2.45) is 0 Å². The standard InChI is InChI=1S/C14H19BrN2O4S/c1-22(19,20)17(12-6-4-11(15)5-7-12)9-8-16-14(18)13-3-2-10-21-13/h4-7,13H,2-3,8-10H2,1H3,(H,16,18). The highest BCUT2D eigenvalue weighted by atomic mass is 79.9. The highest BCUT2D eigenvalue weighted by Crippen LogP contribution is 2.20. The Morgan fingerprint density at radius 1 is 1.41 bits per heavy atom. The molecule has 1 aliphatic rings. The minimum atomic E-state index is -3.41. The van der Waals surface area contributed by atoms with Crippen molar-refractivity contribution in [3.05, 3.63) is 28.7 Å². The number of amides is 1. The van der Waals surface area contributed by atoms with Crippen molar-refractivity contribution in [1.82, 2.24) is 5.32 Å². The zero-order chi connectivity index (χ0) is 16.2. The van der Waals surface area contributed by atoms with Crippen molar-refractivity contribution in [2.45, 2.75) is 18.9 Å². The van der Waals surface area contributed by atoms with E-state index in [2.05, 4.69) is 21.2 Å². The van der Waals surface area contributed by atoms with Crippen LogP contribution >= 0.6 is 15.9 Å². The predicted octanol–water partition coefficient (Wildman–Crippen LogP) is 1.51. The lowest BCUT2D eigenvalue weighted by Crippen LogP contribution is -2.41. The third-order valence-electron chi connectivity index (χ3n) is 3.35. The summed E-state index contributed by atoms with van der Waals surface area (Å²) in [7, 11) is -3.41. The van der Waals surface area contributed by atoms with Crippen LogP contribution in [0.3, 0.4) is 0 Å². The molecular weight excluding hydrogens is 372 g/mol. The molecule has 1 aromatic carbocycles. The van der Waals surface area contributed by atoms with Gasteiger partial charge in [-0.15, -0.1) is 0 Å². The number of carbonyl (C=O) groups excluding carboxylic acids is 1. The first-order valence-corrected chi connectivity index (χ1v) is 9.64. The van der Waals surface area contributed by atoms with E-state index in [0.29, 0.717) is 18.7 Å². The normalized spacial score (nSPS) is 18.2. The molecule has 0 saturated carbocycles. The third-order valence-corrected chi connectivity index (χ3v) is 5.07. The van der Waals surface area contributed by atoms with Crippen LogP contribution in [0.15, 0.2) is 28.7 Å². The van der Waals surface area contributed by atoms with Gasteiger partial charge in [-0.2, -0.15) is 0 Å². The second-order valence-corrected chi connectivity index (χ2v) is 7.93. The fourth-order valence-electron chi connectivity index (χ4n) is 2.27. The van der Waals surface area contributed by atoms with Gasteiger partial charge in [-0.05, 0) is 37.1 Å². The molecular formula is C14H19BrN2O4S. The zero-order valence-corrected chi connectivity index (χ0v) is 14.7. The van der Waals surface area contributed by atoms with Gasteiger partial charge < -0.3 is 10.1 Å². The summed E-state index contributed by atoms with van der Waals surface area (Å²) in [4.78, 5) is 11.8. The second kappa shape index (κ2) is 7.43. The number of rotatable bonds is 6. The third kappa shape index (κ3) is 4.69. The first-order valence-electron chi connectivity index (χ1n) is 7.00. The van der Waals surface area contributed by atoms with Crippen LogP contribution in [0, 0.1) is 0 Å². The van der Waals surface area contributed by atoms with E-state index in [1.165, 1.54) is 4.31 Å². The minimum Gasteiger partial charge on any atom is -0.368 e. The van der Waals surface area contributed by atoms with Crippen molar-refractivity contribution in [3.63, 3.8) is 0 Å². The van der Waals surface area contributed by atoms with Gasteiger partial charge in [-0.1, -0.05) is 15.9 Å². The number of hydrogen-bond donors (Lipinski definition) is 1. The van der Waals surface area contributed by atoms with E-state index in [1.54, 1.807) is 24.3 Å². The van der Waals surface area contributed by atoms with E-state index in [0.717, 1.165) is 17.1 Å². The first-order chi connectivity index (χ1) is 10.4. The molecule has 122 valence electrons. The molecule has 0 radical (unpaired) electrons. The highest BCUT2D eigenvalue weighted by molar-refractivity contribution is 9.10. The zero-order valence-electron chi connectivity index (χ0n) is 12.3. The Labute approximate surface area is 139 Å². The van der Waals surface area contributed by atoms with Crippen LogP contribution in [0.2, 0.25) is 0 Å². The smallest absolute Gasteiger partial charge is 0.249 e. The summed E-state index contributed by atoms with van der Waals surface area (Å²) in [5, 5.41) is 2.73. The second-order valence-electron chi connectivity index (χ2n) is 5.10. The van der Waals surface area contributed by atoms with E-state index < -0.39 is 16.1 Å². The van der Waals surface area contributed by atoms with Gasteiger partial charge in [0.25, 0.3) is 0 Å². The molecule has 1 unspecified atom stereocenters. The molecule has 1 atom stereocenters. The fraction of sp³-hybridized carbons (Fsp3) is 0.500. The lowest BCUT2D eigenvalue weighted by atomic mass is 10.2. The molecule has 0 bridgehead atoms. The van der Waals surface area contributed by atoms with Crippen LogP contribution in [0.5, 0.6) is 0 Å². The maximum Gasteiger partial charge on any atom is 0.249 e. The summed E-state index contributed by atoms with van der Waals surface area (Å²) < 4.78 is 31.3. The van der Waals surface area contributed by atoms with E-state index in [9.17, 15) is 13.2 Å². The largest absolute Gasteiger partial charge is 0.368 e. The summed E-state index contributed by atoms with van der Waals surface area (Å²) in [5.41, 5.74) is 0.567. The Bertz CT molecular complexity index is 612. The van der Waals surface area contributed by atoms with Crippen molar-refractivity contribution in [3.8, 4) is 0 Å². The summed E-state index contributed by atoms with van der Waals surface area (Å²) in [6.45, 7) is 1.02. The highest BCUT2D eigenvalue weighted by Gasteiger charge is 2.24. The number of carbonyl (C=O) groups is 1. The fourth-order valence-corrected chi connectivity index (χ4v) is 3.46. The first kappa shape index (κ1) is 17.2. The number of halogens is 1. The van der Waals surface area contributed by atoms with E-state index in [4.69, 9.17) is 4.74 Å². The molecule has 22 heavy (non-hydrogen) atoms. The molecule has 1 aliphatic heterocycles. The molecule has 0 aromatic heterocycles. The molecule has 1 fully saturated rings. The topological polar surface area (TPSA) is 75.7 Å². The van der Waals surface area contributed by atoms with E-state index >= 15 is 0 Å². The van der Waals surface area contributed by atoms with Crippen molar-refractivity contribution >= 4 is 37.5 Å². The molecule has 1 N–H and O–H groups in total. The Morgan fingerprint density at radius 2 is 2.09 bits per heavy atom. The molecule has 6 nitrogen and oxygen atoms in total. The quantitative estimate of drug-likeness (QED) is 0.798. The number of nitrogens with zero attached hydrogens (tertiary/aromatic N) is 1. The maximum absolute atomic E-state index is 11.9. The molecule has 0 aliphatic carbocycles. The monoisotopic (exact) mass is 390 g/mol. The van der Waals surface area contributed by atoms with Gasteiger partial charge in [0, 0.05) is 17.6 Å². The van der Waals surface area contributed by atoms with Gasteiger partial charge in [0.15, 0.2) is 0 Å². The van der Waals surface area contributed by atoms with Crippen molar-refractivity contribution in [1.29, 1.82) is 0 Å². The van der Waals surface area contributed by atoms with Crippen LogP contribution in [0.1, 0.15) is 12.8 Å². The summed E-state index contributed by atoms with van der Waals surface area (Å²) in [6, 6.07) is 6.98. The predicted molar refractivity (Wildman–Crippen MR) is 88.3 cm³/mol. The van der Waals surface area contributed by atoms with Crippen LogP contribution < -0.4 is 9.62 Å². The number of anilines is 1. The molecule has 1 saturated heterocycles.